The third kappa shape index (κ3) is 10.1. The topological polar surface area (TPSA) is 0 Å². The third-order valence-corrected chi connectivity index (χ3v) is 1.28. The molecule has 0 atom stereocenters. The molecule has 0 spiro atoms. The van der Waals surface area contributed by atoms with Crippen molar-refractivity contribution < 1.29 is 12.4 Å². The smallest absolute Gasteiger partial charge is 1.00 e. The molecule has 0 unspecified atom stereocenters. The molecule has 0 saturated heterocycles. The van der Waals surface area contributed by atoms with E-state index in [-0.39, 0.29) is 12.4 Å². The van der Waals surface area contributed by atoms with Gasteiger partial charge in [0.2, 0.25) is 0 Å². The predicted octanol–water partition coefficient (Wildman–Crippen LogP) is -0.987. The molecule has 0 heterocycles. The molecule has 0 saturated carbocycles. The summed E-state index contributed by atoms with van der Waals surface area (Å²) in [4.78, 5) is 0. The van der Waals surface area contributed by atoms with Crippen LogP contribution in [0.5, 0.6) is 0 Å². The molecule has 8 heavy (non-hydrogen) atoms. The fraction of sp³-hybridized carbons (Fsp3) is 1.00. The normalized spacial score (nSPS) is 10.6. The molecule has 0 aromatic carbocycles. The molecule has 0 rings (SSSR count). The van der Waals surface area contributed by atoms with Crippen LogP contribution in [0.3, 0.4) is 0 Å². The maximum atomic E-state index is 2.28. The molecule has 0 N–H and O–H groups in total. The van der Waals surface area contributed by atoms with Crippen molar-refractivity contribution in [3.8, 4) is 0 Å². The van der Waals surface area contributed by atoms with Gasteiger partial charge in [-0.2, -0.15) is 0 Å². The Kier molecular flexibility index (Phi) is 7.22. The van der Waals surface area contributed by atoms with E-state index < -0.39 is 0 Å². The fourth-order valence-corrected chi connectivity index (χ4v) is 1.59. The van der Waals surface area contributed by atoms with Crippen LogP contribution in [0, 0.1) is 5.41 Å². The molecule has 0 radical (unpaired) electrons. The van der Waals surface area contributed by atoms with Gasteiger partial charge in [-0.3, -0.25) is 0 Å². The Morgan fingerprint density at radius 3 is 1.62 bits per heavy atom. The molecule has 0 aliphatic rings. The molecule has 0 aliphatic heterocycles. The minimum absolute atomic E-state index is 0. The zero-order valence-corrected chi connectivity index (χ0v) is 8.17. The molecule has 0 bridgehead atoms. The number of hydrogen-bond donors (Lipinski definition) is 0. The molecule has 0 aromatic heterocycles. The minimum atomic E-state index is 0. The Hall–Kier alpha value is 1.06. The SMILES string of the molecule is CC(C)(C)C[CH2][Mg+].[Cl-]. The second-order valence-corrected chi connectivity index (χ2v) is 3.87. The number of halogens is 1. The van der Waals surface area contributed by atoms with Crippen molar-refractivity contribution in [3.05, 3.63) is 0 Å². The summed E-state index contributed by atoms with van der Waals surface area (Å²) in [6.07, 6.45) is 1.35. The summed E-state index contributed by atoms with van der Waals surface area (Å²) in [6, 6.07) is 0. The zero-order chi connectivity index (χ0) is 5.91. The van der Waals surface area contributed by atoms with Gasteiger partial charge in [0.05, 0.1) is 0 Å². The maximum absolute atomic E-state index is 2.28. The molecule has 0 fully saturated rings. The largest absolute Gasteiger partial charge is 1.00 e. The van der Waals surface area contributed by atoms with E-state index >= 15 is 0 Å². The van der Waals surface area contributed by atoms with E-state index in [2.05, 4.69) is 42.5 Å². The van der Waals surface area contributed by atoms with Crippen molar-refractivity contribution in [1.82, 2.24) is 0 Å². The van der Waals surface area contributed by atoms with Crippen molar-refractivity contribution in [2.24, 2.45) is 5.41 Å². The van der Waals surface area contributed by atoms with Crippen molar-refractivity contribution in [3.63, 3.8) is 0 Å². The Morgan fingerprint density at radius 1 is 1.25 bits per heavy atom. The van der Waals surface area contributed by atoms with E-state index in [4.69, 9.17) is 0 Å². The van der Waals surface area contributed by atoms with Crippen molar-refractivity contribution in [2.45, 2.75) is 31.7 Å². The Labute approximate surface area is 71.3 Å². The quantitative estimate of drug-likeness (QED) is 0.415. The van der Waals surface area contributed by atoms with Crippen molar-refractivity contribution in [2.75, 3.05) is 0 Å². The molecular formula is C6H13ClMg. The first-order chi connectivity index (χ1) is 3.06. The molecule has 0 amide bonds. The minimum Gasteiger partial charge on any atom is -1.00 e. The van der Waals surface area contributed by atoms with Crippen LogP contribution in [0.25, 0.3) is 0 Å². The summed E-state index contributed by atoms with van der Waals surface area (Å²) < 4.78 is 1.34. The molecule has 0 aromatic rings. The van der Waals surface area contributed by atoms with Gasteiger partial charge in [-0.05, 0) is 0 Å². The first kappa shape index (κ1) is 11.8. The van der Waals surface area contributed by atoms with Crippen molar-refractivity contribution in [1.29, 1.82) is 0 Å². The van der Waals surface area contributed by atoms with Crippen LogP contribution in [0.4, 0.5) is 0 Å². The van der Waals surface area contributed by atoms with Gasteiger partial charge in [-0.25, -0.2) is 0 Å². The van der Waals surface area contributed by atoms with Gasteiger partial charge in [0.25, 0.3) is 0 Å². The van der Waals surface area contributed by atoms with E-state index in [1.54, 1.807) is 0 Å². The molecule has 2 heteroatoms. The van der Waals surface area contributed by atoms with Gasteiger partial charge in [-0.15, -0.1) is 0 Å². The first-order valence-electron chi connectivity index (χ1n) is 2.85. The summed E-state index contributed by atoms with van der Waals surface area (Å²) in [5.74, 6) is 0. The fourth-order valence-electron chi connectivity index (χ4n) is 0.530. The van der Waals surface area contributed by atoms with Crippen LogP contribution in [-0.2, 0) is 0 Å². The van der Waals surface area contributed by atoms with Crippen LogP contribution in [0.15, 0.2) is 0 Å². The van der Waals surface area contributed by atoms with Crippen LogP contribution in [-0.4, -0.2) is 21.7 Å². The molecule has 0 aliphatic carbocycles. The standard InChI is InChI=1S/C6H13.ClH.Mg/c1-5-6(2,3)4;;/h1,5H2,2-4H3;1H;/q;;+1/p-1. The van der Waals surface area contributed by atoms with Crippen LogP contribution in [0.1, 0.15) is 27.2 Å². The van der Waals surface area contributed by atoms with Gasteiger partial charge < -0.3 is 12.4 Å². The monoisotopic (exact) mass is 144 g/mol. The van der Waals surface area contributed by atoms with E-state index in [0.29, 0.717) is 5.41 Å². The number of rotatable bonds is 1. The van der Waals surface area contributed by atoms with Crippen LogP contribution < -0.4 is 12.4 Å². The Balaban J connectivity index is 0. The number of hydrogen-bond acceptors (Lipinski definition) is 0. The molecular weight excluding hydrogens is 132 g/mol. The van der Waals surface area contributed by atoms with Crippen LogP contribution >= 0.6 is 0 Å². The average Bonchev–Trinajstić information content (AvgIpc) is 1.30. The molecule has 46 valence electrons. The summed E-state index contributed by atoms with van der Waals surface area (Å²) in [7, 11) is 0. The predicted molar refractivity (Wildman–Crippen MR) is 34.6 cm³/mol. The van der Waals surface area contributed by atoms with Gasteiger partial charge >= 0.3 is 58.9 Å². The second kappa shape index (κ2) is 4.89. The van der Waals surface area contributed by atoms with Crippen LogP contribution in [0.2, 0.25) is 4.55 Å². The van der Waals surface area contributed by atoms with Gasteiger partial charge in [-0.1, -0.05) is 0 Å². The summed E-state index contributed by atoms with van der Waals surface area (Å²) in [5.41, 5.74) is 0.557. The summed E-state index contributed by atoms with van der Waals surface area (Å²) >= 11 is 2.06. The van der Waals surface area contributed by atoms with Gasteiger partial charge in [0, 0.05) is 0 Å². The van der Waals surface area contributed by atoms with Gasteiger partial charge in [0.1, 0.15) is 0 Å². The Morgan fingerprint density at radius 2 is 1.62 bits per heavy atom. The van der Waals surface area contributed by atoms with E-state index in [1.807, 2.05) is 0 Å². The van der Waals surface area contributed by atoms with E-state index in [0.717, 1.165) is 0 Å². The van der Waals surface area contributed by atoms with Crippen molar-refractivity contribution >= 4 is 21.7 Å². The van der Waals surface area contributed by atoms with Gasteiger partial charge in [0.15, 0.2) is 0 Å². The maximum Gasteiger partial charge on any atom is -1.00 e. The van der Waals surface area contributed by atoms with E-state index in [1.165, 1.54) is 11.0 Å². The third-order valence-electron chi connectivity index (χ3n) is 0.927. The second-order valence-electron chi connectivity index (χ2n) is 3.16. The molecule has 0 nitrogen and oxygen atoms in total. The summed E-state index contributed by atoms with van der Waals surface area (Å²) in [6.45, 7) is 6.84. The first-order valence-corrected chi connectivity index (χ1v) is 3.85. The Bertz CT molecular complexity index is 47.0. The summed E-state index contributed by atoms with van der Waals surface area (Å²) in [5, 5.41) is 0. The zero-order valence-electron chi connectivity index (χ0n) is 6.00. The average molecular weight is 145 g/mol. The van der Waals surface area contributed by atoms with E-state index in [9.17, 15) is 0 Å².